The lowest BCUT2D eigenvalue weighted by atomic mass is 10.5. The van der Waals surface area contributed by atoms with Crippen LogP contribution in [0, 0.1) is 12.8 Å². The Morgan fingerprint density at radius 2 is 2.11 bits per heavy atom. The van der Waals surface area contributed by atoms with Gasteiger partial charge in [0.1, 0.15) is 0 Å². The van der Waals surface area contributed by atoms with Gasteiger partial charge in [0.25, 0.3) is 0 Å². The highest BCUT2D eigenvalue weighted by atomic mass is 16.5. The zero-order chi connectivity index (χ0) is 7.70. The second-order valence-corrected chi connectivity index (χ2v) is 1.17. The average Bonchev–Trinajstić information content (AvgIpc) is 1.88. The highest BCUT2D eigenvalue weighted by Gasteiger charge is 1.86. The summed E-state index contributed by atoms with van der Waals surface area (Å²) < 4.78 is 4.33. The molecule has 0 aliphatic rings. The molecule has 0 atom stereocenters. The first-order valence-corrected chi connectivity index (χ1v) is 2.53. The molecule has 9 heavy (non-hydrogen) atoms. The lowest BCUT2D eigenvalue weighted by Gasteiger charge is -1.93. The van der Waals surface area contributed by atoms with Crippen molar-refractivity contribution in [3.8, 4) is 12.8 Å². The van der Waals surface area contributed by atoms with Crippen LogP contribution >= 0.6 is 0 Å². The number of amides is 1. The Hall–Kier alpha value is -1.17. The molecule has 0 aromatic rings. The fraction of sp³-hybridized carbons (Fsp3) is 0.500. The van der Waals surface area contributed by atoms with Crippen molar-refractivity contribution in [2.75, 3.05) is 6.61 Å². The molecule has 0 saturated heterocycles. The number of carbonyl (C=O) groups excluding carboxylic acids is 1. The van der Waals surface area contributed by atoms with Crippen molar-refractivity contribution in [2.24, 2.45) is 5.73 Å². The number of nitrogens with two attached hydrogens (primary N) is 1. The molecule has 0 radical (unpaired) electrons. The summed E-state index contributed by atoms with van der Waals surface area (Å²) in [5.74, 6) is 0. The summed E-state index contributed by atoms with van der Waals surface area (Å²) in [6.45, 7) is 2.33. The highest BCUT2D eigenvalue weighted by Crippen LogP contribution is 1.76. The summed E-state index contributed by atoms with van der Waals surface area (Å²) in [7, 11) is 0. The van der Waals surface area contributed by atoms with Crippen LogP contribution in [0.4, 0.5) is 4.79 Å². The van der Waals surface area contributed by atoms with Crippen molar-refractivity contribution in [2.45, 2.75) is 13.3 Å². The Bertz CT molecular complexity index is 88.3. The number of hydrogen-bond acceptors (Lipinski definition) is 2. The lowest BCUT2D eigenvalue weighted by Crippen LogP contribution is -2.12. The van der Waals surface area contributed by atoms with Crippen molar-refractivity contribution < 1.29 is 9.53 Å². The van der Waals surface area contributed by atoms with Crippen LogP contribution in [-0.4, -0.2) is 12.7 Å². The van der Waals surface area contributed by atoms with E-state index in [9.17, 15) is 4.79 Å². The van der Waals surface area contributed by atoms with Crippen molar-refractivity contribution in [1.29, 1.82) is 0 Å². The normalized spacial score (nSPS) is 6.56. The molecule has 0 rings (SSSR count). The van der Waals surface area contributed by atoms with Gasteiger partial charge in [-0.2, -0.15) is 0 Å². The number of primary amides is 1. The van der Waals surface area contributed by atoms with Gasteiger partial charge in [-0.1, -0.05) is 6.92 Å². The van der Waals surface area contributed by atoms with E-state index in [0.29, 0.717) is 6.61 Å². The Morgan fingerprint density at radius 3 is 2.22 bits per heavy atom. The molecule has 1 amide bonds. The third-order valence-corrected chi connectivity index (χ3v) is 0.448. The van der Waals surface area contributed by atoms with Crippen LogP contribution < -0.4 is 5.73 Å². The molecule has 52 valence electrons. The maximum Gasteiger partial charge on any atom is 0.404 e. The molecular weight excluding hydrogens is 118 g/mol. The maximum absolute atomic E-state index is 9.76. The third kappa shape index (κ3) is 19.9. The topological polar surface area (TPSA) is 52.3 Å². The van der Waals surface area contributed by atoms with Gasteiger partial charge in [0.2, 0.25) is 0 Å². The first-order valence-electron chi connectivity index (χ1n) is 2.53. The van der Waals surface area contributed by atoms with Gasteiger partial charge < -0.3 is 10.5 Å². The van der Waals surface area contributed by atoms with Crippen LogP contribution in [-0.2, 0) is 4.74 Å². The standard InChI is InChI=1S/C4H9NO2.C2H2/c1-2-3-7-4(5)6;1-2/h2-3H2,1H3,(H2,5,6);1-2H. The quantitative estimate of drug-likeness (QED) is 0.559. The number of ether oxygens (including phenoxy) is 1. The molecule has 0 heterocycles. The summed E-state index contributed by atoms with van der Waals surface area (Å²) in [6, 6.07) is 0. The minimum absolute atomic E-state index is 0.426. The van der Waals surface area contributed by atoms with E-state index in [1.54, 1.807) is 0 Å². The number of carbonyl (C=O) groups is 1. The molecular formula is C6H11NO2. The summed E-state index contributed by atoms with van der Waals surface area (Å²) in [5.41, 5.74) is 4.62. The second-order valence-electron chi connectivity index (χ2n) is 1.17. The Kier molecular flexibility index (Phi) is 11.9. The van der Waals surface area contributed by atoms with Gasteiger partial charge >= 0.3 is 6.09 Å². The highest BCUT2D eigenvalue weighted by molar-refractivity contribution is 5.64. The molecule has 0 spiro atoms. The van der Waals surface area contributed by atoms with Crippen molar-refractivity contribution in [1.82, 2.24) is 0 Å². The van der Waals surface area contributed by atoms with E-state index >= 15 is 0 Å². The molecule has 0 aromatic heterocycles. The van der Waals surface area contributed by atoms with Crippen molar-refractivity contribution >= 4 is 6.09 Å². The minimum Gasteiger partial charge on any atom is -0.450 e. The first kappa shape index (κ1) is 10.7. The Labute approximate surface area is 55.2 Å². The fourth-order valence-electron chi connectivity index (χ4n) is 0.203. The molecule has 2 N–H and O–H groups in total. The summed E-state index contributed by atoms with van der Waals surface area (Å²) in [4.78, 5) is 9.76. The van der Waals surface area contributed by atoms with E-state index in [2.05, 4.69) is 23.3 Å². The summed E-state index contributed by atoms with van der Waals surface area (Å²) in [5, 5.41) is 0. The van der Waals surface area contributed by atoms with Gasteiger partial charge in [0.05, 0.1) is 6.61 Å². The van der Waals surface area contributed by atoms with Crippen LogP contribution in [0.5, 0.6) is 0 Å². The third-order valence-electron chi connectivity index (χ3n) is 0.448. The molecule has 0 aliphatic carbocycles. The minimum atomic E-state index is -0.693. The zero-order valence-corrected chi connectivity index (χ0v) is 5.46. The van der Waals surface area contributed by atoms with E-state index in [0.717, 1.165) is 6.42 Å². The monoisotopic (exact) mass is 129 g/mol. The molecule has 3 heteroatoms. The van der Waals surface area contributed by atoms with Crippen LogP contribution in [0.3, 0.4) is 0 Å². The van der Waals surface area contributed by atoms with Crippen molar-refractivity contribution in [3.63, 3.8) is 0 Å². The van der Waals surface area contributed by atoms with E-state index in [1.165, 1.54) is 0 Å². The molecule has 3 nitrogen and oxygen atoms in total. The van der Waals surface area contributed by atoms with Crippen LogP contribution in [0.1, 0.15) is 13.3 Å². The summed E-state index contributed by atoms with van der Waals surface area (Å²) >= 11 is 0. The van der Waals surface area contributed by atoms with E-state index in [1.807, 2.05) is 6.92 Å². The van der Waals surface area contributed by atoms with Crippen LogP contribution in [0.25, 0.3) is 0 Å². The first-order chi connectivity index (χ1) is 4.27. The second kappa shape index (κ2) is 9.95. The zero-order valence-electron chi connectivity index (χ0n) is 5.46. The smallest absolute Gasteiger partial charge is 0.404 e. The van der Waals surface area contributed by atoms with Crippen molar-refractivity contribution in [3.05, 3.63) is 0 Å². The number of hydrogen-bond donors (Lipinski definition) is 1. The van der Waals surface area contributed by atoms with Gasteiger partial charge in [0, 0.05) is 0 Å². The predicted molar refractivity (Wildman–Crippen MR) is 35.7 cm³/mol. The van der Waals surface area contributed by atoms with Gasteiger partial charge in [-0.15, -0.1) is 12.8 Å². The number of terminal acetylenes is 1. The average molecular weight is 129 g/mol. The fourth-order valence-corrected chi connectivity index (χ4v) is 0.203. The van der Waals surface area contributed by atoms with Crippen LogP contribution in [0.2, 0.25) is 0 Å². The van der Waals surface area contributed by atoms with E-state index in [-0.39, 0.29) is 0 Å². The molecule has 0 fully saturated rings. The molecule has 0 bridgehead atoms. The number of rotatable bonds is 2. The molecule has 0 saturated carbocycles. The SMILES string of the molecule is C#C.CCCOC(N)=O. The Balaban J connectivity index is 0. The van der Waals surface area contributed by atoms with Gasteiger partial charge in [0.15, 0.2) is 0 Å². The molecule has 0 aromatic carbocycles. The maximum atomic E-state index is 9.76. The van der Waals surface area contributed by atoms with E-state index < -0.39 is 6.09 Å². The Morgan fingerprint density at radius 1 is 1.67 bits per heavy atom. The van der Waals surface area contributed by atoms with Gasteiger partial charge in [-0.05, 0) is 6.42 Å². The summed E-state index contributed by atoms with van der Waals surface area (Å²) in [6.07, 6.45) is 8.13. The lowest BCUT2D eigenvalue weighted by molar-refractivity contribution is 0.157. The molecule has 0 unspecified atom stereocenters. The van der Waals surface area contributed by atoms with Crippen LogP contribution in [0.15, 0.2) is 0 Å². The largest absolute Gasteiger partial charge is 0.450 e. The van der Waals surface area contributed by atoms with Gasteiger partial charge in [-0.25, -0.2) is 4.79 Å². The molecule has 0 aliphatic heterocycles. The van der Waals surface area contributed by atoms with Gasteiger partial charge in [-0.3, -0.25) is 0 Å². The van der Waals surface area contributed by atoms with E-state index in [4.69, 9.17) is 0 Å². The predicted octanol–water partition coefficient (Wildman–Crippen LogP) is 0.741.